The summed E-state index contributed by atoms with van der Waals surface area (Å²) in [6, 6.07) is 13.4. The van der Waals surface area contributed by atoms with Gasteiger partial charge in [0.25, 0.3) is 0 Å². The van der Waals surface area contributed by atoms with Gasteiger partial charge in [-0.25, -0.2) is 4.98 Å². The van der Waals surface area contributed by atoms with E-state index in [1.165, 1.54) is 11.3 Å². The second kappa shape index (κ2) is 6.27. The molecule has 1 fully saturated rings. The maximum atomic E-state index is 12.4. The number of methoxy groups -OCH3 is 1. The van der Waals surface area contributed by atoms with Crippen LogP contribution in [0.15, 0.2) is 42.5 Å². The Morgan fingerprint density at radius 3 is 2.79 bits per heavy atom. The molecule has 4 rings (SSSR count). The number of thioether (sulfide) groups is 1. The van der Waals surface area contributed by atoms with Crippen molar-refractivity contribution < 1.29 is 9.53 Å². The average Bonchev–Trinajstić information content (AvgIpc) is 3.17. The third kappa shape index (κ3) is 2.75. The van der Waals surface area contributed by atoms with Crippen molar-refractivity contribution in [1.82, 2.24) is 4.98 Å². The van der Waals surface area contributed by atoms with Crippen LogP contribution < -0.4 is 9.64 Å². The molecular formula is C17H13ClN2O2S2. The Kier molecular flexibility index (Phi) is 4.12. The number of fused-ring (bicyclic) bond motifs is 1. The number of amides is 1. The summed E-state index contributed by atoms with van der Waals surface area (Å²) in [5.74, 6) is 1.31. The van der Waals surface area contributed by atoms with Crippen molar-refractivity contribution in [2.24, 2.45) is 0 Å². The van der Waals surface area contributed by atoms with Crippen LogP contribution in [0.1, 0.15) is 10.9 Å². The summed E-state index contributed by atoms with van der Waals surface area (Å²) in [4.78, 5) is 18.9. The molecule has 0 N–H and O–H groups in total. The molecule has 0 bridgehead atoms. The molecule has 2 aromatic carbocycles. The van der Waals surface area contributed by atoms with Gasteiger partial charge in [0, 0.05) is 5.02 Å². The Balaban J connectivity index is 1.74. The Hall–Kier alpha value is -1.76. The summed E-state index contributed by atoms with van der Waals surface area (Å²) < 4.78 is 6.27. The maximum Gasteiger partial charge on any atom is 0.240 e. The summed E-state index contributed by atoms with van der Waals surface area (Å²) in [5.41, 5.74) is 1.92. The number of nitrogens with zero attached hydrogens (tertiary/aromatic N) is 2. The lowest BCUT2D eigenvalue weighted by Crippen LogP contribution is -2.27. The van der Waals surface area contributed by atoms with Crippen LogP contribution in [0.2, 0.25) is 5.02 Å². The van der Waals surface area contributed by atoms with Gasteiger partial charge in [-0.3, -0.25) is 9.69 Å². The van der Waals surface area contributed by atoms with Crippen LogP contribution in [0, 0.1) is 0 Å². The molecule has 0 unspecified atom stereocenters. The van der Waals surface area contributed by atoms with Crippen LogP contribution in [0.25, 0.3) is 10.2 Å². The molecule has 24 heavy (non-hydrogen) atoms. The molecule has 7 heteroatoms. The maximum absolute atomic E-state index is 12.4. The first-order chi connectivity index (χ1) is 11.7. The van der Waals surface area contributed by atoms with E-state index < -0.39 is 0 Å². The molecule has 4 nitrogen and oxygen atoms in total. The minimum absolute atomic E-state index is 0.0720. The quantitative estimate of drug-likeness (QED) is 0.662. The first-order valence-electron chi connectivity index (χ1n) is 7.29. The molecule has 1 saturated heterocycles. The molecule has 1 aliphatic heterocycles. The molecule has 1 aliphatic rings. The van der Waals surface area contributed by atoms with Crippen molar-refractivity contribution in [2.45, 2.75) is 5.37 Å². The molecule has 1 amide bonds. The molecule has 3 aromatic rings. The fourth-order valence-corrected chi connectivity index (χ4v) is 5.02. The van der Waals surface area contributed by atoms with Gasteiger partial charge in [0.15, 0.2) is 5.13 Å². The second-order valence-corrected chi connectivity index (χ2v) is 7.82. The minimum atomic E-state index is -0.0720. The van der Waals surface area contributed by atoms with E-state index in [-0.39, 0.29) is 11.3 Å². The number of ether oxygens (including phenoxy) is 1. The van der Waals surface area contributed by atoms with E-state index in [1.807, 2.05) is 42.5 Å². The number of anilines is 1. The average molecular weight is 377 g/mol. The number of aromatic nitrogens is 1. The zero-order valence-corrected chi connectivity index (χ0v) is 15.1. The normalized spacial score (nSPS) is 17.7. The molecular weight excluding hydrogens is 364 g/mol. The van der Waals surface area contributed by atoms with E-state index in [0.29, 0.717) is 15.9 Å². The Morgan fingerprint density at radius 1 is 1.25 bits per heavy atom. The lowest BCUT2D eigenvalue weighted by molar-refractivity contribution is -0.115. The summed E-state index contributed by atoms with van der Waals surface area (Å²) in [5, 5.41) is 1.33. The van der Waals surface area contributed by atoms with Gasteiger partial charge in [-0.05, 0) is 35.9 Å². The van der Waals surface area contributed by atoms with Crippen molar-refractivity contribution in [3.8, 4) is 5.75 Å². The number of benzene rings is 2. The van der Waals surface area contributed by atoms with E-state index in [0.717, 1.165) is 21.5 Å². The van der Waals surface area contributed by atoms with Gasteiger partial charge in [0.05, 0.1) is 23.1 Å². The lowest BCUT2D eigenvalue weighted by Gasteiger charge is -2.21. The number of carbonyl (C=O) groups is 1. The van der Waals surface area contributed by atoms with E-state index in [1.54, 1.807) is 23.8 Å². The van der Waals surface area contributed by atoms with Crippen LogP contribution in [0.3, 0.4) is 0 Å². The summed E-state index contributed by atoms with van der Waals surface area (Å²) >= 11 is 9.08. The Bertz CT molecular complexity index is 911. The van der Waals surface area contributed by atoms with Crippen LogP contribution in [-0.4, -0.2) is 23.8 Å². The number of carbonyl (C=O) groups excluding carboxylic acids is 1. The van der Waals surface area contributed by atoms with Gasteiger partial charge in [0.1, 0.15) is 11.1 Å². The number of hydrogen-bond donors (Lipinski definition) is 0. The number of hydrogen-bond acceptors (Lipinski definition) is 5. The molecule has 0 aliphatic carbocycles. The zero-order valence-electron chi connectivity index (χ0n) is 12.7. The second-order valence-electron chi connectivity index (χ2n) is 5.31. The van der Waals surface area contributed by atoms with Crippen molar-refractivity contribution in [2.75, 3.05) is 17.8 Å². The molecule has 0 saturated carbocycles. The van der Waals surface area contributed by atoms with Crippen LogP contribution >= 0.6 is 34.7 Å². The fourth-order valence-electron chi connectivity index (χ4n) is 2.63. The predicted octanol–water partition coefficient (Wildman–Crippen LogP) is 4.74. The topological polar surface area (TPSA) is 42.4 Å². The first kappa shape index (κ1) is 15.7. The van der Waals surface area contributed by atoms with Gasteiger partial charge >= 0.3 is 0 Å². The van der Waals surface area contributed by atoms with Crippen molar-refractivity contribution in [1.29, 1.82) is 0 Å². The van der Waals surface area contributed by atoms with Gasteiger partial charge < -0.3 is 4.74 Å². The highest BCUT2D eigenvalue weighted by molar-refractivity contribution is 8.00. The van der Waals surface area contributed by atoms with Gasteiger partial charge in [-0.15, -0.1) is 11.8 Å². The Morgan fingerprint density at radius 2 is 2.04 bits per heavy atom. The number of thiazole rings is 1. The number of rotatable bonds is 3. The highest BCUT2D eigenvalue weighted by Gasteiger charge is 2.36. The Labute approximate surface area is 152 Å². The summed E-state index contributed by atoms with van der Waals surface area (Å²) in [6.07, 6.45) is 0. The zero-order chi connectivity index (χ0) is 16.7. The first-order valence-corrected chi connectivity index (χ1v) is 9.54. The standard InChI is InChI=1S/C17H13ClN2O2S2/c1-22-12-6-7-13-14(8-12)24-17(19-13)20-15(21)9-23-16(20)10-2-4-11(18)5-3-10/h2-8,16H,9H2,1H3/t16-/m1/s1. The highest BCUT2D eigenvalue weighted by atomic mass is 35.5. The third-order valence-electron chi connectivity index (χ3n) is 3.81. The highest BCUT2D eigenvalue weighted by Crippen LogP contribution is 2.44. The molecule has 122 valence electrons. The summed E-state index contributed by atoms with van der Waals surface area (Å²) in [7, 11) is 1.64. The lowest BCUT2D eigenvalue weighted by atomic mass is 10.2. The molecule has 1 atom stereocenters. The van der Waals surface area contributed by atoms with Crippen LogP contribution in [-0.2, 0) is 4.79 Å². The molecule has 2 heterocycles. The van der Waals surface area contributed by atoms with Gasteiger partial charge in [0.2, 0.25) is 5.91 Å². The summed E-state index contributed by atoms with van der Waals surface area (Å²) in [6.45, 7) is 0. The third-order valence-corrected chi connectivity index (χ3v) is 6.30. The molecule has 0 spiro atoms. The largest absolute Gasteiger partial charge is 0.497 e. The van der Waals surface area contributed by atoms with E-state index in [2.05, 4.69) is 4.98 Å². The van der Waals surface area contributed by atoms with Crippen molar-refractivity contribution in [3.05, 3.63) is 53.1 Å². The molecule has 1 aromatic heterocycles. The van der Waals surface area contributed by atoms with E-state index >= 15 is 0 Å². The fraction of sp³-hybridized carbons (Fsp3) is 0.176. The van der Waals surface area contributed by atoms with E-state index in [9.17, 15) is 4.79 Å². The van der Waals surface area contributed by atoms with Crippen LogP contribution in [0.4, 0.5) is 5.13 Å². The monoisotopic (exact) mass is 376 g/mol. The van der Waals surface area contributed by atoms with Crippen LogP contribution in [0.5, 0.6) is 5.75 Å². The van der Waals surface area contributed by atoms with Gasteiger partial charge in [-0.2, -0.15) is 0 Å². The van der Waals surface area contributed by atoms with E-state index in [4.69, 9.17) is 16.3 Å². The smallest absolute Gasteiger partial charge is 0.240 e. The number of halogens is 1. The SMILES string of the molecule is COc1ccc2nc(N3C(=O)CS[C@@H]3c3ccc(Cl)cc3)sc2c1. The van der Waals surface area contributed by atoms with Crippen molar-refractivity contribution in [3.63, 3.8) is 0 Å². The predicted molar refractivity (Wildman–Crippen MR) is 100 cm³/mol. The minimum Gasteiger partial charge on any atom is -0.497 e. The van der Waals surface area contributed by atoms with Gasteiger partial charge in [-0.1, -0.05) is 35.1 Å². The molecule has 0 radical (unpaired) electrons. The van der Waals surface area contributed by atoms with Crippen molar-refractivity contribution >= 4 is 56.0 Å².